The van der Waals surface area contributed by atoms with Crippen LogP contribution in [-0.4, -0.2) is 22.0 Å². The molecule has 2 heterocycles. The summed E-state index contributed by atoms with van der Waals surface area (Å²) in [6.07, 6.45) is 5.91. The number of hydrogen-bond donors (Lipinski definition) is 1. The highest BCUT2D eigenvalue weighted by atomic mass is 32.1. The van der Waals surface area contributed by atoms with Crippen molar-refractivity contribution in [2.24, 2.45) is 0 Å². The monoisotopic (exact) mass is 206 g/mol. The average molecular weight is 206 g/mol. The Hall–Kier alpha value is -1.49. The summed E-state index contributed by atoms with van der Waals surface area (Å²) in [5.41, 5.74) is 0.935. The van der Waals surface area contributed by atoms with Gasteiger partial charge in [-0.15, -0.1) is 11.3 Å². The highest BCUT2D eigenvalue weighted by molar-refractivity contribution is 7.09. The molecule has 0 spiro atoms. The minimum atomic E-state index is 0.738. The predicted octanol–water partition coefficient (Wildman–Crippen LogP) is 1.57. The Balaban J connectivity index is 2.24. The van der Waals surface area contributed by atoms with Gasteiger partial charge in [0.05, 0.1) is 10.7 Å². The lowest BCUT2D eigenvalue weighted by Crippen LogP contribution is -2.01. The van der Waals surface area contributed by atoms with Gasteiger partial charge in [-0.2, -0.15) is 0 Å². The van der Waals surface area contributed by atoms with Crippen LogP contribution in [0.4, 0.5) is 5.82 Å². The molecule has 0 fully saturated rings. The van der Waals surface area contributed by atoms with E-state index < -0.39 is 0 Å². The predicted molar refractivity (Wildman–Crippen MR) is 56.5 cm³/mol. The second-order valence-electron chi connectivity index (χ2n) is 2.70. The molecular formula is C9H10N4S. The van der Waals surface area contributed by atoms with Crippen LogP contribution in [0.5, 0.6) is 0 Å². The first-order valence-electron chi connectivity index (χ1n) is 4.26. The molecule has 72 valence electrons. The maximum atomic E-state index is 4.27. The van der Waals surface area contributed by atoms with Crippen LogP contribution >= 0.6 is 11.3 Å². The summed E-state index contributed by atoms with van der Waals surface area (Å²) in [6, 6.07) is 0. The third-order valence-corrected chi connectivity index (χ3v) is 2.59. The van der Waals surface area contributed by atoms with Crippen molar-refractivity contribution in [3.8, 4) is 0 Å². The fraction of sp³-hybridized carbons (Fsp3) is 0.222. The van der Waals surface area contributed by atoms with Crippen LogP contribution in [0.15, 0.2) is 24.0 Å². The van der Waals surface area contributed by atoms with Crippen LogP contribution in [0, 0.1) is 0 Å². The Morgan fingerprint density at radius 1 is 1.21 bits per heavy atom. The van der Waals surface area contributed by atoms with Crippen molar-refractivity contribution in [2.75, 3.05) is 12.4 Å². The van der Waals surface area contributed by atoms with E-state index in [9.17, 15) is 0 Å². The Morgan fingerprint density at radius 3 is 2.79 bits per heavy atom. The van der Waals surface area contributed by atoms with Gasteiger partial charge in [-0.1, -0.05) is 0 Å². The van der Waals surface area contributed by atoms with Gasteiger partial charge >= 0.3 is 0 Å². The van der Waals surface area contributed by atoms with Crippen LogP contribution in [0.25, 0.3) is 0 Å². The highest BCUT2D eigenvalue weighted by Gasteiger charge is 2.05. The number of hydrogen-bond acceptors (Lipinski definition) is 5. The van der Waals surface area contributed by atoms with E-state index in [0.29, 0.717) is 0 Å². The summed E-state index contributed by atoms with van der Waals surface area (Å²) in [7, 11) is 1.84. The molecule has 1 N–H and O–H groups in total. The van der Waals surface area contributed by atoms with Gasteiger partial charge in [-0.05, 0) is 0 Å². The number of nitrogens with zero attached hydrogens (tertiary/aromatic N) is 3. The Morgan fingerprint density at radius 2 is 2.07 bits per heavy atom. The maximum absolute atomic E-state index is 4.27. The van der Waals surface area contributed by atoms with Gasteiger partial charge in [0.1, 0.15) is 5.82 Å². The molecule has 0 unspecified atom stereocenters. The van der Waals surface area contributed by atoms with Gasteiger partial charge in [-0.25, -0.2) is 9.97 Å². The normalized spacial score (nSPS) is 10.1. The van der Waals surface area contributed by atoms with E-state index in [2.05, 4.69) is 20.3 Å². The summed E-state index contributed by atoms with van der Waals surface area (Å²) in [5, 5.41) is 6.03. The van der Waals surface area contributed by atoms with Crippen molar-refractivity contribution >= 4 is 17.2 Å². The summed E-state index contributed by atoms with van der Waals surface area (Å²) in [5.74, 6) is 0.822. The van der Waals surface area contributed by atoms with Crippen molar-refractivity contribution in [1.29, 1.82) is 0 Å². The van der Waals surface area contributed by atoms with E-state index >= 15 is 0 Å². The van der Waals surface area contributed by atoms with Gasteiger partial charge in [0.15, 0.2) is 0 Å². The molecule has 0 atom stereocenters. The highest BCUT2D eigenvalue weighted by Crippen LogP contribution is 2.14. The van der Waals surface area contributed by atoms with Gasteiger partial charge in [0.2, 0.25) is 0 Å². The maximum Gasteiger partial charge on any atom is 0.147 e. The second kappa shape index (κ2) is 4.15. The van der Waals surface area contributed by atoms with E-state index in [-0.39, 0.29) is 0 Å². The summed E-state index contributed by atoms with van der Waals surface area (Å²) < 4.78 is 0. The van der Waals surface area contributed by atoms with Crippen LogP contribution in [0.1, 0.15) is 10.7 Å². The molecule has 0 radical (unpaired) electrons. The first-order valence-corrected chi connectivity index (χ1v) is 5.14. The van der Waals surface area contributed by atoms with Crippen LogP contribution in [-0.2, 0) is 6.42 Å². The molecule has 2 aromatic rings. The molecule has 0 aliphatic rings. The van der Waals surface area contributed by atoms with Gasteiger partial charge in [0, 0.05) is 37.4 Å². The Kier molecular flexibility index (Phi) is 2.69. The topological polar surface area (TPSA) is 50.7 Å². The minimum absolute atomic E-state index is 0.738. The molecule has 0 bridgehead atoms. The van der Waals surface area contributed by atoms with E-state index in [1.54, 1.807) is 29.9 Å². The number of aromatic nitrogens is 3. The zero-order valence-electron chi connectivity index (χ0n) is 7.77. The quantitative estimate of drug-likeness (QED) is 0.828. The first kappa shape index (κ1) is 9.08. The standard InChI is InChI=1S/C9H10N4S/c1-10-9-7(11-2-3-13-9)6-8-12-4-5-14-8/h2-5H,6H2,1H3,(H,10,13). The van der Waals surface area contributed by atoms with Crippen LogP contribution < -0.4 is 5.32 Å². The van der Waals surface area contributed by atoms with Crippen LogP contribution in [0.2, 0.25) is 0 Å². The van der Waals surface area contributed by atoms with Gasteiger partial charge in [0.25, 0.3) is 0 Å². The Labute approximate surface area is 86.1 Å². The molecule has 0 amide bonds. The van der Waals surface area contributed by atoms with Crippen molar-refractivity contribution < 1.29 is 0 Å². The summed E-state index contributed by atoms with van der Waals surface area (Å²) in [6.45, 7) is 0. The van der Waals surface area contributed by atoms with Crippen LogP contribution in [0.3, 0.4) is 0 Å². The lowest BCUT2D eigenvalue weighted by atomic mass is 10.3. The molecule has 2 rings (SSSR count). The molecule has 0 aromatic carbocycles. The first-order chi connectivity index (χ1) is 6.90. The van der Waals surface area contributed by atoms with E-state index in [4.69, 9.17) is 0 Å². The Bertz CT molecular complexity index is 399. The molecule has 5 heteroatoms. The van der Waals surface area contributed by atoms with Gasteiger partial charge in [-0.3, -0.25) is 4.98 Å². The minimum Gasteiger partial charge on any atom is -0.372 e. The SMILES string of the molecule is CNc1nccnc1Cc1nccs1. The molecule has 14 heavy (non-hydrogen) atoms. The van der Waals surface area contributed by atoms with E-state index in [1.165, 1.54) is 0 Å². The van der Waals surface area contributed by atoms with Crippen molar-refractivity contribution in [2.45, 2.75) is 6.42 Å². The molecule has 4 nitrogen and oxygen atoms in total. The van der Waals surface area contributed by atoms with Crippen molar-refractivity contribution in [1.82, 2.24) is 15.0 Å². The fourth-order valence-corrected chi connectivity index (χ4v) is 1.81. The average Bonchev–Trinajstić information content (AvgIpc) is 2.71. The fourth-order valence-electron chi connectivity index (χ4n) is 1.19. The largest absolute Gasteiger partial charge is 0.372 e. The summed E-state index contributed by atoms with van der Waals surface area (Å²) >= 11 is 1.63. The molecule has 2 aromatic heterocycles. The lowest BCUT2D eigenvalue weighted by Gasteiger charge is -2.03. The number of thiazole rings is 1. The third kappa shape index (κ3) is 1.88. The number of nitrogens with one attached hydrogen (secondary N) is 1. The second-order valence-corrected chi connectivity index (χ2v) is 3.68. The van der Waals surface area contributed by atoms with Gasteiger partial charge < -0.3 is 5.32 Å². The van der Waals surface area contributed by atoms with E-state index in [0.717, 1.165) is 22.9 Å². The summed E-state index contributed by atoms with van der Waals surface area (Å²) in [4.78, 5) is 12.7. The zero-order chi connectivity index (χ0) is 9.80. The molecule has 0 aliphatic heterocycles. The van der Waals surface area contributed by atoms with E-state index in [1.807, 2.05) is 12.4 Å². The molecular weight excluding hydrogens is 196 g/mol. The molecule has 0 saturated heterocycles. The lowest BCUT2D eigenvalue weighted by molar-refractivity contribution is 1.02. The molecule has 0 aliphatic carbocycles. The number of rotatable bonds is 3. The zero-order valence-corrected chi connectivity index (χ0v) is 8.58. The van der Waals surface area contributed by atoms with Crippen molar-refractivity contribution in [3.05, 3.63) is 34.7 Å². The molecule has 0 saturated carbocycles. The van der Waals surface area contributed by atoms with Crippen molar-refractivity contribution in [3.63, 3.8) is 0 Å². The smallest absolute Gasteiger partial charge is 0.147 e. The third-order valence-electron chi connectivity index (χ3n) is 1.81. The number of anilines is 1.